The molecule has 0 fully saturated rings. The van der Waals surface area contributed by atoms with Crippen molar-refractivity contribution in [1.82, 2.24) is 4.90 Å². The van der Waals surface area contributed by atoms with Gasteiger partial charge < -0.3 is 9.64 Å². The molecule has 2 aromatic carbocycles. The van der Waals surface area contributed by atoms with Gasteiger partial charge in [-0.3, -0.25) is 9.52 Å². The van der Waals surface area contributed by atoms with Crippen LogP contribution in [0.25, 0.3) is 0 Å². The van der Waals surface area contributed by atoms with Crippen molar-refractivity contribution in [3.8, 4) is 5.75 Å². The molecule has 0 atom stereocenters. The molecule has 0 radical (unpaired) electrons. The van der Waals surface area contributed by atoms with Crippen molar-refractivity contribution < 1.29 is 22.3 Å². The number of sulfonamides is 1. The van der Waals surface area contributed by atoms with Crippen molar-refractivity contribution in [1.29, 1.82) is 0 Å². The molecule has 1 aliphatic rings. The fourth-order valence-corrected chi connectivity index (χ4v) is 4.25. The van der Waals surface area contributed by atoms with Crippen LogP contribution in [0, 0.1) is 5.82 Å². The van der Waals surface area contributed by atoms with Gasteiger partial charge in [0.05, 0.1) is 11.5 Å². The predicted molar refractivity (Wildman–Crippen MR) is 104 cm³/mol. The lowest BCUT2D eigenvalue weighted by Crippen LogP contribution is -2.35. The molecule has 0 aliphatic carbocycles. The minimum absolute atomic E-state index is 0.0101. The summed E-state index contributed by atoms with van der Waals surface area (Å²) >= 11 is 0. The van der Waals surface area contributed by atoms with E-state index in [1.807, 2.05) is 13.0 Å². The van der Waals surface area contributed by atoms with Crippen LogP contribution in [-0.2, 0) is 27.8 Å². The Morgan fingerprint density at radius 2 is 1.96 bits per heavy atom. The van der Waals surface area contributed by atoms with E-state index in [2.05, 4.69) is 4.72 Å². The lowest BCUT2D eigenvalue weighted by Gasteiger charge is -2.29. The van der Waals surface area contributed by atoms with Crippen LogP contribution in [0.5, 0.6) is 5.75 Å². The highest BCUT2D eigenvalue weighted by molar-refractivity contribution is 7.92. The van der Waals surface area contributed by atoms with Crippen LogP contribution in [-0.4, -0.2) is 32.4 Å². The number of ether oxygens (including phenoxy) is 1. The molecule has 0 saturated carbocycles. The first-order valence-corrected chi connectivity index (χ1v) is 10.7. The van der Waals surface area contributed by atoms with Crippen LogP contribution < -0.4 is 9.46 Å². The summed E-state index contributed by atoms with van der Waals surface area (Å²) in [6.07, 6.45) is 1.17. The summed E-state index contributed by atoms with van der Waals surface area (Å²) < 4.78 is 46.9. The van der Waals surface area contributed by atoms with E-state index in [-0.39, 0.29) is 23.2 Å². The number of nitrogens with one attached hydrogen (secondary N) is 1. The first kappa shape index (κ1) is 20.1. The van der Waals surface area contributed by atoms with Gasteiger partial charge in [-0.15, -0.1) is 0 Å². The quantitative estimate of drug-likeness (QED) is 0.799. The van der Waals surface area contributed by atoms with Crippen molar-refractivity contribution in [2.75, 3.05) is 17.9 Å². The molecule has 1 aliphatic heterocycles. The summed E-state index contributed by atoms with van der Waals surface area (Å²) in [4.78, 5) is 13.5. The molecule has 0 spiro atoms. The van der Waals surface area contributed by atoms with Crippen molar-refractivity contribution in [2.24, 2.45) is 0 Å². The Morgan fingerprint density at radius 1 is 1.18 bits per heavy atom. The van der Waals surface area contributed by atoms with Gasteiger partial charge in [0.1, 0.15) is 0 Å². The maximum atomic E-state index is 14.0. The number of hydrogen-bond donors (Lipinski definition) is 1. The van der Waals surface area contributed by atoms with E-state index in [1.54, 1.807) is 24.0 Å². The Labute approximate surface area is 164 Å². The number of carbonyl (C=O) groups excluding carboxylic acids is 1. The maximum Gasteiger partial charge on any atom is 0.262 e. The van der Waals surface area contributed by atoms with Crippen molar-refractivity contribution in [3.63, 3.8) is 0 Å². The number of anilines is 1. The summed E-state index contributed by atoms with van der Waals surface area (Å²) in [5.41, 5.74) is 2.38. The molecule has 6 nitrogen and oxygen atoms in total. The van der Waals surface area contributed by atoms with Crippen LogP contribution in [0.4, 0.5) is 10.1 Å². The van der Waals surface area contributed by atoms with E-state index < -0.39 is 15.8 Å². The lowest BCUT2D eigenvalue weighted by molar-refractivity contribution is -0.131. The third-order valence-electron chi connectivity index (χ3n) is 4.64. The second kappa shape index (κ2) is 8.18. The summed E-state index contributed by atoms with van der Waals surface area (Å²) in [5.74, 6) is -0.652. The Kier molecular flexibility index (Phi) is 5.88. The molecular formula is C20H23FN2O4S. The van der Waals surface area contributed by atoms with Crippen molar-refractivity contribution in [2.45, 2.75) is 38.1 Å². The molecule has 1 amide bonds. The van der Waals surface area contributed by atoms with Gasteiger partial charge in [-0.05, 0) is 54.8 Å². The van der Waals surface area contributed by atoms with Crippen LogP contribution in [0.1, 0.15) is 31.4 Å². The van der Waals surface area contributed by atoms with Crippen LogP contribution in [0.2, 0.25) is 0 Å². The lowest BCUT2D eigenvalue weighted by atomic mass is 9.99. The molecule has 3 rings (SSSR count). The molecule has 0 saturated heterocycles. The zero-order valence-corrected chi connectivity index (χ0v) is 16.7. The van der Waals surface area contributed by atoms with E-state index in [4.69, 9.17) is 4.74 Å². The third-order valence-corrected chi connectivity index (χ3v) is 6.02. The summed E-state index contributed by atoms with van der Waals surface area (Å²) in [7, 11) is -3.95. The van der Waals surface area contributed by atoms with Gasteiger partial charge in [0.2, 0.25) is 5.91 Å². The summed E-state index contributed by atoms with van der Waals surface area (Å²) in [6.45, 7) is 4.94. The van der Waals surface area contributed by atoms with E-state index in [0.717, 1.165) is 23.6 Å². The fraction of sp³-hybridized carbons (Fsp3) is 0.350. The molecular weight excluding hydrogens is 383 g/mol. The molecule has 0 aromatic heterocycles. The smallest absolute Gasteiger partial charge is 0.262 e. The standard InChI is InChI=1S/C20H23FN2O4S/c1-3-20(24)23-10-9-14-5-6-16(11-15(14)13-23)22-28(25,26)17-7-8-19(27-4-2)18(21)12-17/h5-8,11-12,22H,3-4,9-10,13H2,1-2H3. The van der Waals surface area contributed by atoms with Gasteiger partial charge in [0, 0.05) is 25.2 Å². The SMILES string of the molecule is CCOc1ccc(S(=O)(=O)Nc2ccc3c(c2)CN(C(=O)CC)CC3)cc1F. The minimum atomic E-state index is -3.95. The summed E-state index contributed by atoms with van der Waals surface area (Å²) in [5, 5.41) is 0. The first-order valence-electron chi connectivity index (χ1n) is 9.18. The average molecular weight is 406 g/mol. The highest BCUT2D eigenvalue weighted by Crippen LogP contribution is 2.26. The number of nitrogens with zero attached hydrogens (tertiary/aromatic N) is 1. The first-order chi connectivity index (χ1) is 13.3. The van der Waals surface area contributed by atoms with Crippen LogP contribution in [0.3, 0.4) is 0 Å². The third kappa shape index (κ3) is 4.27. The Balaban J connectivity index is 1.82. The van der Waals surface area contributed by atoms with Gasteiger partial charge in [-0.1, -0.05) is 13.0 Å². The van der Waals surface area contributed by atoms with E-state index in [9.17, 15) is 17.6 Å². The van der Waals surface area contributed by atoms with Gasteiger partial charge in [0.15, 0.2) is 11.6 Å². The number of carbonyl (C=O) groups is 1. The maximum absolute atomic E-state index is 14.0. The van der Waals surface area contributed by atoms with Gasteiger partial charge >= 0.3 is 0 Å². The highest BCUT2D eigenvalue weighted by atomic mass is 32.2. The molecule has 1 heterocycles. The number of benzene rings is 2. The monoisotopic (exact) mass is 406 g/mol. The molecule has 1 N–H and O–H groups in total. The van der Waals surface area contributed by atoms with Crippen molar-refractivity contribution in [3.05, 3.63) is 53.3 Å². The predicted octanol–water partition coefficient (Wildman–Crippen LogP) is 3.32. The van der Waals surface area contributed by atoms with Crippen LogP contribution in [0.15, 0.2) is 41.3 Å². The largest absolute Gasteiger partial charge is 0.491 e. The topological polar surface area (TPSA) is 75.7 Å². The van der Waals surface area contributed by atoms with Gasteiger partial charge in [-0.2, -0.15) is 0 Å². The molecule has 8 heteroatoms. The number of amides is 1. The van der Waals surface area contributed by atoms with Gasteiger partial charge in [0.25, 0.3) is 10.0 Å². The molecule has 0 unspecified atom stereocenters. The Bertz CT molecular complexity index is 992. The number of hydrogen-bond acceptors (Lipinski definition) is 4. The average Bonchev–Trinajstić information content (AvgIpc) is 2.68. The van der Waals surface area contributed by atoms with Crippen LogP contribution >= 0.6 is 0 Å². The van der Waals surface area contributed by atoms with E-state index >= 15 is 0 Å². The molecule has 150 valence electrons. The number of rotatable bonds is 6. The Hall–Kier alpha value is -2.61. The van der Waals surface area contributed by atoms with E-state index in [1.165, 1.54) is 12.1 Å². The highest BCUT2D eigenvalue weighted by Gasteiger charge is 2.21. The second-order valence-corrected chi connectivity index (χ2v) is 8.22. The molecule has 2 aromatic rings. The molecule has 28 heavy (non-hydrogen) atoms. The van der Waals surface area contributed by atoms with E-state index in [0.29, 0.717) is 25.2 Å². The van der Waals surface area contributed by atoms with Crippen molar-refractivity contribution >= 4 is 21.6 Å². The second-order valence-electron chi connectivity index (χ2n) is 6.53. The number of fused-ring (bicyclic) bond motifs is 1. The number of halogens is 1. The minimum Gasteiger partial charge on any atom is -0.491 e. The fourth-order valence-electron chi connectivity index (χ4n) is 3.19. The van der Waals surface area contributed by atoms with Gasteiger partial charge in [-0.25, -0.2) is 12.8 Å². The normalized spacial score (nSPS) is 13.8. The zero-order valence-electron chi connectivity index (χ0n) is 15.9. The Morgan fingerprint density at radius 3 is 2.64 bits per heavy atom. The zero-order chi connectivity index (χ0) is 20.3. The molecule has 0 bridgehead atoms. The summed E-state index contributed by atoms with van der Waals surface area (Å²) in [6, 6.07) is 8.81.